The number of nitrogens with zero attached hydrogens (tertiary/aromatic N) is 2. The highest BCUT2D eigenvalue weighted by Crippen LogP contribution is 2.28. The fourth-order valence-electron chi connectivity index (χ4n) is 4.04. The third-order valence-electron chi connectivity index (χ3n) is 6.35. The van der Waals surface area contributed by atoms with Gasteiger partial charge in [-0.2, -0.15) is 0 Å². The van der Waals surface area contributed by atoms with Gasteiger partial charge in [-0.3, -0.25) is 14.5 Å². The molecule has 0 aliphatic rings. The quantitative estimate of drug-likeness (QED) is 0.404. The zero-order valence-electron chi connectivity index (χ0n) is 21.8. The maximum Gasteiger partial charge on any atom is 0.326 e. The molecule has 0 spiro atoms. The molecule has 8 heteroatoms. The Hall–Kier alpha value is -4.33. The summed E-state index contributed by atoms with van der Waals surface area (Å²) >= 11 is 0. The van der Waals surface area contributed by atoms with Gasteiger partial charge in [0, 0.05) is 25.5 Å². The molecule has 3 amide bonds. The Morgan fingerprint density at radius 2 is 1.65 bits per heavy atom. The number of benzene rings is 3. The number of ether oxygens (including phenoxy) is 1. The average Bonchev–Trinajstić information content (AvgIpc) is 2.88. The van der Waals surface area contributed by atoms with Gasteiger partial charge in [-0.1, -0.05) is 43.3 Å². The third kappa shape index (κ3) is 6.88. The van der Waals surface area contributed by atoms with Gasteiger partial charge in [-0.05, 0) is 59.9 Å². The van der Waals surface area contributed by atoms with Crippen LogP contribution in [0.1, 0.15) is 36.0 Å². The van der Waals surface area contributed by atoms with Gasteiger partial charge in [0.2, 0.25) is 5.91 Å². The van der Waals surface area contributed by atoms with Crippen LogP contribution in [0.3, 0.4) is 0 Å². The Morgan fingerprint density at radius 3 is 2.27 bits per heavy atom. The van der Waals surface area contributed by atoms with E-state index in [1.54, 1.807) is 37.2 Å². The smallest absolute Gasteiger partial charge is 0.326 e. The lowest BCUT2D eigenvalue weighted by atomic mass is 9.97. The molecule has 3 aromatic carbocycles. The molecule has 2 N–H and O–H groups in total. The Bertz CT molecular complexity index is 1270. The summed E-state index contributed by atoms with van der Waals surface area (Å²) in [7, 11) is 4.91. The number of methoxy groups -OCH3 is 1. The van der Waals surface area contributed by atoms with E-state index in [-0.39, 0.29) is 30.7 Å². The van der Waals surface area contributed by atoms with Crippen molar-refractivity contribution in [2.75, 3.05) is 36.3 Å². The van der Waals surface area contributed by atoms with Crippen LogP contribution in [0.4, 0.5) is 21.9 Å². The normalized spacial score (nSPS) is 11.4. The second-order valence-electron chi connectivity index (χ2n) is 9.03. The summed E-state index contributed by atoms with van der Waals surface area (Å²) in [5.74, 6) is -0.626. The molecule has 0 heterocycles. The van der Waals surface area contributed by atoms with Crippen molar-refractivity contribution in [2.45, 2.75) is 32.6 Å². The number of hydrogen-bond acceptors (Lipinski definition) is 4. The van der Waals surface area contributed by atoms with E-state index in [0.717, 1.165) is 22.4 Å². The first kappa shape index (κ1) is 27.3. The molecule has 0 fully saturated rings. The van der Waals surface area contributed by atoms with Crippen LogP contribution in [0, 0.1) is 6.92 Å². The maximum absolute atomic E-state index is 12.9. The molecular formula is C29H33N3O5. The monoisotopic (exact) mass is 503 g/mol. The number of urea groups is 1. The first-order chi connectivity index (χ1) is 17.6. The molecule has 0 aliphatic carbocycles. The highest BCUT2D eigenvalue weighted by molar-refractivity contribution is 6.02. The lowest BCUT2D eigenvalue weighted by Crippen LogP contribution is -2.31. The molecule has 1 unspecified atom stereocenters. The zero-order chi connectivity index (χ0) is 27.1. The number of anilines is 3. The van der Waals surface area contributed by atoms with Gasteiger partial charge < -0.3 is 20.1 Å². The highest BCUT2D eigenvalue weighted by Gasteiger charge is 2.18. The van der Waals surface area contributed by atoms with E-state index in [9.17, 15) is 14.4 Å². The van der Waals surface area contributed by atoms with Crippen molar-refractivity contribution in [3.63, 3.8) is 0 Å². The lowest BCUT2D eigenvalue weighted by Gasteiger charge is -2.21. The number of carboxylic acid groups (broad SMARTS) is 1. The first-order valence-electron chi connectivity index (χ1n) is 12.0. The van der Waals surface area contributed by atoms with Crippen LogP contribution in [-0.4, -0.2) is 44.2 Å². The number of rotatable bonds is 9. The van der Waals surface area contributed by atoms with Gasteiger partial charge in [-0.25, -0.2) is 4.79 Å². The van der Waals surface area contributed by atoms with Crippen LogP contribution in [0.15, 0.2) is 66.7 Å². The van der Waals surface area contributed by atoms with E-state index in [2.05, 4.69) is 5.32 Å². The van der Waals surface area contributed by atoms with E-state index in [0.29, 0.717) is 17.1 Å². The van der Waals surface area contributed by atoms with Crippen LogP contribution in [0.2, 0.25) is 0 Å². The molecule has 0 bridgehead atoms. The minimum absolute atomic E-state index is 0.0502. The van der Waals surface area contributed by atoms with E-state index in [1.165, 1.54) is 12.0 Å². The summed E-state index contributed by atoms with van der Waals surface area (Å²) in [4.78, 5) is 39.8. The van der Waals surface area contributed by atoms with Crippen molar-refractivity contribution >= 4 is 35.0 Å². The summed E-state index contributed by atoms with van der Waals surface area (Å²) in [6.45, 7) is 3.80. The fourth-order valence-corrected chi connectivity index (χ4v) is 4.04. The minimum Gasteiger partial charge on any atom is -0.495 e. The van der Waals surface area contributed by atoms with Crippen molar-refractivity contribution in [1.29, 1.82) is 0 Å². The van der Waals surface area contributed by atoms with Gasteiger partial charge in [0.25, 0.3) is 0 Å². The number of likely N-dealkylation sites (N-methyl/N-ethyl adjacent to an activating group) is 1. The standard InChI is InChI=1S/C29H33N3O5/c1-19-8-6-7-9-25(19)32(4)29(36)30-24-15-10-21(17-26(24)37-5)18-27(33)31(3)23-13-11-22(12-14-23)20(2)16-28(34)35/h6-15,17,20H,16,18H2,1-5H3,(H,30,36)(H,34,35). The Morgan fingerprint density at radius 1 is 0.973 bits per heavy atom. The molecule has 8 nitrogen and oxygen atoms in total. The second kappa shape index (κ2) is 12.1. The third-order valence-corrected chi connectivity index (χ3v) is 6.35. The number of aliphatic carboxylic acids is 1. The molecule has 0 aromatic heterocycles. The second-order valence-corrected chi connectivity index (χ2v) is 9.03. The Balaban J connectivity index is 1.67. The van der Waals surface area contributed by atoms with E-state index in [4.69, 9.17) is 9.84 Å². The largest absolute Gasteiger partial charge is 0.495 e. The van der Waals surface area contributed by atoms with Gasteiger partial charge in [0.15, 0.2) is 0 Å². The number of carbonyl (C=O) groups excluding carboxylic acids is 2. The number of hydrogen-bond donors (Lipinski definition) is 2. The number of nitrogens with one attached hydrogen (secondary N) is 1. The van der Waals surface area contributed by atoms with Gasteiger partial charge in [0.05, 0.1) is 25.6 Å². The topological polar surface area (TPSA) is 99.2 Å². The predicted molar refractivity (Wildman–Crippen MR) is 146 cm³/mol. The van der Waals surface area contributed by atoms with Gasteiger partial charge in [-0.15, -0.1) is 0 Å². The number of carboxylic acids is 1. The Kier molecular flexibility index (Phi) is 8.90. The van der Waals surface area contributed by atoms with Crippen molar-refractivity contribution < 1.29 is 24.2 Å². The molecule has 37 heavy (non-hydrogen) atoms. The fraction of sp³-hybridized carbons (Fsp3) is 0.276. The number of para-hydroxylation sites is 1. The Labute approximate surface area is 217 Å². The lowest BCUT2D eigenvalue weighted by molar-refractivity contribution is -0.137. The summed E-state index contributed by atoms with van der Waals surface area (Å²) in [5.41, 5.74) is 4.64. The van der Waals surface area contributed by atoms with Gasteiger partial charge >= 0.3 is 12.0 Å². The molecule has 1 atom stereocenters. The maximum atomic E-state index is 12.9. The zero-order valence-corrected chi connectivity index (χ0v) is 21.8. The minimum atomic E-state index is -0.844. The SMILES string of the molecule is COc1cc(CC(=O)N(C)c2ccc(C(C)CC(=O)O)cc2)ccc1NC(=O)N(C)c1ccccc1C. The molecule has 0 saturated carbocycles. The number of aryl methyl sites for hydroxylation is 1. The van der Waals surface area contributed by atoms with Crippen molar-refractivity contribution in [3.05, 3.63) is 83.4 Å². The van der Waals surface area contributed by atoms with Crippen LogP contribution in [-0.2, 0) is 16.0 Å². The van der Waals surface area contributed by atoms with E-state index < -0.39 is 5.97 Å². The molecule has 3 rings (SSSR count). The molecule has 194 valence electrons. The van der Waals surface area contributed by atoms with Crippen LogP contribution in [0.5, 0.6) is 5.75 Å². The van der Waals surface area contributed by atoms with E-state index in [1.807, 2.05) is 62.4 Å². The van der Waals surface area contributed by atoms with Crippen LogP contribution >= 0.6 is 0 Å². The number of amides is 3. The molecule has 0 aliphatic heterocycles. The van der Waals surface area contributed by atoms with Crippen molar-refractivity contribution in [1.82, 2.24) is 0 Å². The molecule has 0 saturated heterocycles. The van der Waals surface area contributed by atoms with Gasteiger partial charge in [0.1, 0.15) is 5.75 Å². The molecule has 3 aromatic rings. The van der Waals surface area contributed by atoms with Crippen LogP contribution < -0.4 is 19.9 Å². The summed E-state index contributed by atoms with van der Waals surface area (Å²) in [6.07, 6.45) is 0.190. The molecule has 0 radical (unpaired) electrons. The van der Waals surface area contributed by atoms with Crippen molar-refractivity contribution in [3.8, 4) is 5.75 Å². The first-order valence-corrected chi connectivity index (χ1v) is 12.0. The van der Waals surface area contributed by atoms with Crippen molar-refractivity contribution in [2.24, 2.45) is 0 Å². The van der Waals surface area contributed by atoms with E-state index >= 15 is 0 Å². The predicted octanol–water partition coefficient (Wildman–Crippen LogP) is 5.46. The highest BCUT2D eigenvalue weighted by atomic mass is 16.5. The van der Waals surface area contributed by atoms with Crippen LogP contribution in [0.25, 0.3) is 0 Å². The molecular weight excluding hydrogens is 470 g/mol. The number of carbonyl (C=O) groups is 3. The average molecular weight is 504 g/mol. The summed E-state index contributed by atoms with van der Waals surface area (Å²) < 4.78 is 5.49. The summed E-state index contributed by atoms with van der Waals surface area (Å²) in [5, 5.41) is 11.9. The summed E-state index contributed by atoms with van der Waals surface area (Å²) in [6, 6.07) is 19.9.